The topological polar surface area (TPSA) is 79.9 Å². The highest BCUT2D eigenvalue weighted by molar-refractivity contribution is 6.35. The second-order valence-electron chi connectivity index (χ2n) is 5.49. The van der Waals surface area contributed by atoms with Gasteiger partial charge in [0.05, 0.1) is 6.54 Å². The lowest BCUT2D eigenvalue weighted by Crippen LogP contribution is -2.47. The number of benzene rings is 1. The van der Waals surface area contributed by atoms with Gasteiger partial charge in [-0.2, -0.15) is 0 Å². The summed E-state index contributed by atoms with van der Waals surface area (Å²) in [6.07, 6.45) is -0.313. The highest BCUT2D eigenvalue weighted by atomic mass is 16.6. The summed E-state index contributed by atoms with van der Waals surface area (Å²) in [4.78, 5) is 25.7. The van der Waals surface area contributed by atoms with E-state index < -0.39 is 11.8 Å². The van der Waals surface area contributed by atoms with E-state index in [1.807, 2.05) is 24.3 Å². The van der Waals surface area contributed by atoms with Gasteiger partial charge in [-0.05, 0) is 25.2 Å². The Hall–Kier alpha value is -2.28. The Morgan fingerprint density at radius 3 is 2.50 bits per heavy atom. The molecule has 1 atom stereocenters. The van der Waals surface area contributed by atoms with Crippen molar-refractivity contribution in [3.8, 4) is 11.5 Å². The molecule has 7 nitrogen and oxygen atoms in total. The lowest BCUT2D eigenvalue weighted by Gasteiger charge is -2.26. The van der Waals surface area contributed by atoms with Crippen LogP contribution in [-0.2, 0) is 9.59 Å². The first-order valence-electron chi connectivity index (χ1n) is 8.30. The van der Waals surface area contributed by atoms with E-state index in [4.69, 9.17) is 9.47 Å². The number of hydrogen-bond donors (Lipinski definition) is 2. The zero-order valence-corrected chi connectivity index (χ0v) is 14.2. The third kappa shape index (κ3) is 5.13. The molecule has 0 spiro atoms. The van der Waals surface area contributed by atoms with Gasteiger partial charge in [-0.25, -0.2) is 0 Å². The Morgan fingerprint density at radius 1 is 1.12 bits per heavy atom. The van der Waals surface area contributed by atoms with Crippen molar-refractivity contribution in [1.29, 1.82) is 0 Å². The molecule has 1 aliphatic heterocycles. The van der Waals surface area contributed by atoms with Gasteiger partial charge in [0.15, 0.2) is 11.5 Å². The van der Waals surface area contributed by atoms with Gasteiger partial charge < -0.3 is 25.0 Å². The first-order chi connectivity index (χ1) is 11.6. The maximum Gasteiger partial charge on any atom is 0.309 e. The number of fused-ring (bicyclic) bond motifs is 1. The maximum absolute atomic E-state index is 11.8. The minimum atomic E-state index is -0.656. The molecule has 0 bridgehead atoms. The molecule has 0 fully saturated rings. The number of carbonyl (C=O) groups excluding carboxylic acids is 2. The molecule has 2 N–H and O–H groups in total. The summed E-state index contributed by atoms with van der Waals surface area (Å²) in [6.45, 7) is 7.67. The molecule has 0 saturated heterocycles. The van der Waals surface area contributed by atoms with Crippen LogP contribution in [0.25, 0.3) is 0 Å². The quantitative estimate of drug-likeness (QED) is 0.705. The number of likely N-dealkylation sites (N-methyl/N-ethyl adjacent to an activating group) is 1. The minimum Gasteiger partial charge on any atom is -0.486 e. The fraction of sp³-hybridized carbons (Fsp3) is 0.529. The van der Waals surface area contributed by atoms with E-state index in [0.717, 1.165) is 19.6 Å². The molecule has 0 aromatic heterocycles. The van der Waals surface area contributed by atoms with Crippen molar-refractivity contribution in [3.63, 3.8) is 0 Å². The molecular weight excluding hydrogens is 310 g/mol. The predicted molar refractivity (Wildman–Crippen MR) is 90.2 cm³/mol. The first kappa shape index (κ1) is 18.1. The summed E-state index contributed by atoms with van der Waals surface area (Å²) in [5, 5.41) is 5.20. The molecule has 1 heterocycles. The summed E-state index contributed by atoms with van der Waals surface area (Å²) < 4.78 is 11.3. The molecule has 2 amide bonds. The van der Waals surface area contributed by atoms with Gasteiger partial charge in [-0.15, -0.1) is 0 Å². The van der Waals surface area contributed by atoms with Crippen molar-refractivity contribution in [2.45, 2.75) is 20.0 Å². The van der Waals surface area contributed by atoms with E-state index in [1.54, 1.807) is 0 Å². The molecule has 7 heteroatoms. The number of ether oxygens (including phenoxy) is 2. The number of rotatable bonds is 7. The van der Waals surface area contributed by atoms with Crippen LogP contribution in [0.2, 0.25) is 0 Å². The summed E-state index contributed by atoms with van der Waals surface area (Å²) in [5.41, 5.74) is 0. The molecule has 2 rings (SSSR count). The van der Waals surface area contributed by atoms with Crippen molar-refractivity contribution in [2.24, 2.45) is 0 Å². The number of nitrogens with one attached hydrogen (secondary N) is 2. The molecule has 24 heavy (non-hydrogen) atoms. The largest absolute Gasteiger partial charge is 0.486 e. The van der Waals surface area contributed by atoms with E-state index in [1.165, 1.54) is 0 Å². The van der Waals surface area contributed by atoms with Crippen LogP contribution in [-0.4, -0.2) is 62.1 Å². The molecule has 1 aliphatic rings. The fourth-order valence-corrected chi connectivity index (χ4v) is 2.40. The third-order valence-corrected chi connectivity index (χ3v) is 3.87. The molecule has 1 aromatic rings. The van der Waals surface area contributed by atoms with Crippen LogP contribution in [0.4, 0.5) is 0 Å². The standard InChI is InChI=1S/C17H25N3O4/c1-3-20(4-2)10-9-18-16(21)17(22)19-11-13-12-23-14-7-5-6-8-15(14)24-13/h5-8,13H,3-4,9-12H2,1-2H3,(H,18,21)(H,19,22). The molecule has 132 valence electrons. The normalized spacial score (nSPS) is 15.9. The average Bonchev–Trinajstić information content (AvgIpc) is 2.62. The number of para-hydroxylation sites is 2. The van der Waals surface area contributed by atoms with Gasteiger partial charge in [0.25, 0.3) is 0 Å². The molecule has 1 unspecified atom stereocenters. The molecule has 0 saturated carbocycles. The van der Waals surface area contributed by atoms with E-state index in [2.05, 4.69) is 29.4 Å². The number of nitrogens with zero attached hydrogens (tertiary/aromatic N) is 1. The lowest BCUT2D eigenvalue weighted by atomic mass is 10.2. The lowest BCUT2D eigenvalue weighted by molar-refractivity contribution is -0.139. The number of carbonyl (C=O) groups is 2. The van der Waals surface area contributed by atoms with Gasteiger partial charge >= 0.3 is 11.8 Å². The second-order valence-corrected chi connectivity index (χ2v) is 5.49. The van der Waals surface area contributed by atoms with Gasteiger partial charge in [0, 0.05) is 13.1 Å². The van der Waals surface area contributed by atoms with Crippen molar-refractivity contribution in [2.75, 3.05) is 39.3 Å². The fourth-order valence-electron chi connectivity index (χ4n) is 2.40. The Balaban J connectivity index is 1.68. The summed E-state index contributed by atoms with van der Waals surface area (Å²) in [6, 6.07) is 7.36. The summed E-state index contributed by atoms with van der Waals surface area (Å²) >= 11 is 0. The van der Waals surface area contributed by atoms with Crippen LogP contribution < -0.4 is 20.1 Å². The molecule has 0 radical (unpaired) electrons. The van der Waals surface area contributed by atoms with Gasteiger partial charge in [-0.3, -0.25) is 9.59 Å². The van der Waals surface area contributed by atoms with Crippen molar-refractivity contribution >= 4 is 11.8 Å². The van der Waals surface area contributed by atoms with Crippen LogP contribution in [0.5, 0.6) is 11.5 Å². The van der Waals surface area contributed by atoms with Gasteiger partial charge in [-0.1, -0.05) is 26.0 Å². The Kier molecular flexibility index (Phi) is 6.87. The molecule has 0 aliphatic carbocycles. The second kappa shape index (κ2) is 9.12. The Bertz CT molecular complexity index is 561. The highest BCUT2D eigenvalue weighted by Crippen LogP contribution is 2.30. The van der Waals surface area contributed by atoms with Gasteiger partial charge in [0.1, 0.15) is 12.7 Å². The van der Waals surface area contributed by atoms with Gasteiger partial charge in [0.2, 0.25) is 0 Å². The minimum absolute atomic E-state index is 0.219. The predicted octanol–water partition coefficient (Wildman–Crippen LogP) is 0.401. The van der Waals surface area contributed by atoms with Crippen LogP contribution in [0.3, 0.4) is 0 Å². The van der Waals surface area contributed by atoms with E-state index >= 15 is 0 Å². The van der Waals surface area contributed by atoms with Crippen molar-refractivity contribution in [3.05, 3.63) is 24.3 Å². The smallest absolute Gasteiger partial charge is 0.309 e. The maximum atomic E-state index is 11.8. The Labute approximate surface area is 142 Å². The Morgan fingerprint density at radius 2 is 1.79 bits per heavy atom. The van der Waals surface area contributed by atoms with Crippen LogP contribution in [0.1, 0.15) is 13.8 Å². The SMILES string of the molecule is CCN(CC)CCNC(=O)C(=O)NCC1COc2ccccc2O1. The summed E-state index contributed by atoms with van der Waals surface area (Å²) in [7, 11) is 0. The average molecular weight is 335 g/mol. The third-order valence-electron chi connectivity index (χ3n) is 3.87. The van der Waals surface area contributed by atoms with Crippen LogP contribution in [0.15, 0.2) is 24.3 Å². The van der Waals surface area contributed by atoms with Crippen molar-refractivity contribution < 1.29 is 19.1 Å². The summed E-state index contributed by atoms with van der Waals surface area (Å²) in [5.74, 6) is 0.0529. The van der Waals surface area contributed by atoms with Crippen LogP contribution in [0, 0.1) is 0 Å². The first-order valence-corrected chi connectivity index (χ1v) is 8.30. The number of amides is 2. The monoisotopic (exact) mass is 335 g/mol. The van der Waals surface area contributed by atoms with Crippen LogP contribution >= 0.6 is 0 Å². The van der Waals surface area contributed by atoms with E-state index in [0.29, 0.717) is 24.7 Å². The number of hydrogen-bond acceptors (Lipinski definition) is 5. The van der Waals surface area contributed by atoms with E-state index in [-0.39, 0.29) is 12.6 Å². The molecular formula is C17H25N3O4. The zero-order valence-electron chi connectivity index (χ0n) is 14.2. The van der Waals surface area contributed by atoms with E-state index in [9.17, 15) is 9.59 Å². The zero-order chi connectivity index (χ0) is 17.4. The highest BCUT2D eigenvalue weighted by Gasteiger charge is 2.22. The van der Waals surface area contributed by atoms with Crippen molar-refractivity contribution in [1.82, 2.24) is 15.5 Å². The molecule has 1 aromatic carbocycles.